The Hall–Kier alpha value is -1.06. The number of hydrogen-bond donors (Lipinski definition) is 1. The first-order chi connectivity index (χ1) is 8.65. The van der Waals surface area contributed by atoms with Gasteiger partial charge in [-0.05, 0) is 50.7 Å². The Morgan fingerprint density at radius 2 is 2.17 bits per heavy atom. The minimum atomic E-state index is 0.482. The standard InChI is InChI=1S/C15H24N2O/c1-5-14-13-9-15(18-4)12(10-17(2)3)8-11(13)6-7-16-14/h8-9,14,16H,5-7,10H2,1-4H3. The van der Waals surface area contributed by atoms with E-state index in [4.69, 9.17) is 4.74 Å². The fourth-order valence-corrected chi connectivity index (χ4v) is 2.74. The summed E-state index contributed by atoms with van der Waals surface area (Å²) in [5, 5.41) is 3.57. The van der Waals surface area contributed by atoms with Crippen molar-refractivity contribution < 1.29 is 4.74 Å². The molecule has 0 fully saturated rings. The molecule has 0 bridgehead atoms. The summed E-state index contributed by atoms with van der Waals surface area (Å²) in [6, 6.07) is 5.04. The molecule has 1 N–H and O–H groups in total. The summed E-state index contributed by atoms with van der Waals surface area (Å²) in [4.78, 5) is 2.18. The molecule has 1 heterocycles. The molecule has 1 atom stereocenters. The van der Waals surface area contributed by atoms with Crippen molar-refractivity contribution in [3.05, 3.63) is 28.8 Å². The van der Waals surface area contributed by atoms with Crippen LogP contribution in [-0.2, 0) is 13.0 Å². The minimum absolute atomic E-state index is 0.482. The van der Waals surface area contributed by atoms with Crippen molar-refractivity contribution in [2.24, 2.45) is 0 Å². The molecule has 0 spiro atoms. The molecule has 3 nitrogen and oxygen atoms in total. The lowest BCUT2D eigenvalue weighted by atomic mass is 9.90. The summed E-state index contributed by atoms with van der Waals surface area (Å²) < 4.78 is 5.55. The van der Waals surface area contributed by atoms with Crippen molar-refractivity contribution in [1.29, 1.82) is 0 Å². The van der Waals surface area contributed by atoms with Crippen LogP contribution < -0.4 is 10.1 Å². The van der Waals surface area contributed by atoms with Crippen LogP contribution in [0.15, 0.2) is 12.1 Å². The number of rotatable bonds is 4. The van der Waals surface area contributed by atoms with Crippen molar-refractivity contribution in [3.63, 3.8) is 0 Å². The molecule has 1 aliphatic heterocycles. The number of ether oxygens (including phenoxy) is 1. The van der Waals surface area contributed by atoms with Crippen molar-refractivity contribution in [2.45, 2.75) is 32.4 Å². The summed E-state index contributed by atoms with van der Waals surface area (Å²) in [7, 11) is 5.95. The van der Waals surface area contributed by atoms with Crippen LogP contribution in [-0.4, -0.2) is 32.6 Å². The second-order valence-electron chi connectivity index (χ2n) is 5.27. The van der Waals surface area contributed by atoms with Crippen LogP contribution in [0.25, 0.3) is 0 Å². The minimum Gasteiger partial charge on any atom is -0.496 e. The Morgan fingerprint density at radius 3 is 2.78 bits per heavy atom. The number of benzene rings is 1. The van der Waals surface area contributed by atoms with E-state index in [-0.39, 0.29) is 0 Å². The molecule has 1 aromatic carbocycles. The molecule has 0 radical (unpaired) electrons. The summed E-state index contributed by atoms with van der Waals surface area (Å²) in [5.74, 6) is 1.02. The highest BCUT2D eigenvalue weighted by Gasteiger charge is 2.20. The van der Waals surface area contributed by atoms with Crippen LogP contribution in [0.2, 0.25) is 0 Å². The van der Waals surface area contributed by atoms with Gasteiger partial charge in [-0.2, -0.15) is 0 Å². The lowest BCUT2D eigenvalue weighted by Gasteiger charge is -2.28. The fraction of sp³-hybridized carbons (Fsp3) is 0.600. The summed E-state index contributed by atoms with van der Waals surface area (Å²) in [6.45, 7) is 4.24. The number of nitrogens with zero attached hydrogens (tertiary/aromatic N) is 1. The molecule has 18 heavy (non-hydrogen) atoms. The van der Waals surface area contributed by atoms with Gasteiger partial charge in [0.1, 0.15) is 5.75 Å². The molecule has 0 aromatic heterocycles. The Morgan fingerprint density at radius 1 is 1.39 bits per heavy atom. The average molecular weight is 248 g/mol. The van der Waals surface area contributed by atoms with Crippen LogP contribution >= 0.6 is 0 Å². The van der Waals surface area contributed by atoms with Gasteiger partial charge in [0.05, 0.1) is 7.11 Å². The largest absolute Gasteiger partial charge is 0.496 e. The molecule has 3 heteroatoms. The van der Waals surface area contributed by atoms with Crippen molar-refractivity contribution >= 4 is 0 Å². The van der Waals surface area contributed by atoms with Gasteiger partial charge >= 0.3 is 0 Å². The van der Waals surface area contributed by atoms with Gasteiger partial charge < -0.3 is 15.0 Å². The molecule has 1 unspecified atom stereocenters. The number of methoxy groups -OCH3 is 1. The van der Waals surface area contributed by atoms with Crippen LogP contribution in [0.5, 0.6) is 5.75 Å². The van der Waals surface area contributed by atoms with Gasteiger partial charge in [-0.15, -0.1) is 0 Å². The zero-order valence-electron chi connectivity index (χ0n) is 11.9. The Bertz CT molecular complexity index is 415. The van der Waals surface area contributed by atoms with Crippen molar-refractivity contribution in [1.82, 2.24) is 10.2 Å². The van der Waals surface area contributed by atoms with Gasteiger partial charge in [0.25, 0.3) is 0 Å². The lowest BCUT2D eigenvalue weighted by molar-refractivity contribution is 0.369. The normalized spacial score (nSPS) is 18.8. The van der Waals surface area contributed by atoms with E-state index >= 15 is 0 Å². The van der Waals surface area contributed by atoms with E-state index < -0.39 is 0 Å². The second kappa shape index (κ2) is 5.72. The maximum atomic E-state index is 5.55. The third kappa shape index (κ3) is 2.68. The zero-order valence-corrected chi connectivity index (χ0v) is 11.9. The molecule has 2 rings (SSSR count). The number of nitrogens with one attached hydrogen (secondary N) is 1. The van der Waals surface area contributed by atoms with Crippen LogP contribution in [0.4, 0.5) is 0 Å². The smallest absolute Gasteiger partial charge is 0.123 e. The van der Waals surface area contributed by atoms with E-state index in [1.807, 2.05) is 0 Å². The highest BCUT2D eigenvalue weighted by Crippen LogP contribution is 2.32. The van der Waals surface area contributed by atoms with E-state index in [1.54, 1.807) is 7.11 Å². The van der Waals surface area contributed by atoms with Crippen molar-refractivity contribution in [2.75, 3.05) is 27.7 Å². The Kier molecular flexibility index (Phi) is 4.25. The van der Waals surface area contributed by atoms with Gasteiger partial charge in [0.15, 0.2) is 0 Å². The molecular weight excluding hydrogens is 224 g/mol. The predicted octanol–water partition coefficient (Wildman–Crippen LogP) is 2.35. The van der Waals surface area contributed by atoms with E-state index in [9.17, 15) is 0 Å². The van der Waals surface area contributed by atoms with Gasteiger partial charge in [0.2, 0.25) is 0 Å². The maximum absolute atomic E-state index is 5.55. The van der Waals surface area contributed by atoms with Gasteiger partial charge in [-0.1, -0.05) is 13.0 Å². The fourth-order valence-electron chi connectivity index (χ4n) is 2.74. The molecule has 1 aromatic rings. The summed E-state index contributed by atoms with van der Waals surface area (Å²) in [5.41, 5.74) is 4.19. The quantitative estimate of drug-likeness (QED) is 0.885. The van der Waals surface area contributed by atoms with Gasteiger partial charge in [-0.25, -0.2) is 0 Å². The molecular formula is C15H24N2O. The van der Waals surface area contributed by atoms with Crippen LogP contribution in [0.3, 0.4) is 0 Å². The average Bonchev–Trinajstić information content (AvgIpc) is 2.36. The van der Waals surface area contributed by atoms with Crippen LogP contribution in [0.1, 0.15) is 36.1 Å². The summed E-state index contributed by atoms with van der Waals surface area (Å²) >= 11 is 0. The third-order valence-electron chi connectivity index (χ3n) is 3.60. The highest BCUT2D eigenvalue weighted by molar-refractivity contribution is 5.45. The number of fused-ring (bicyclic) bond motifs is 1. The first kappa shape index (κ1) is 13.4. The highest BCUT2D eigenvalue weighted by atomic mass is 16.5. The summed E-state index contributed by atoms with van der Waals surface area (Å²) in [6.07, 6.45) is 2.25. The van der Waals surface area contributed by atoms with Gasteiger partial charge in [-0.3, -0.25) is 0 Å². The second-order valence-corrected chi connectivity index (χ2v) is 5.27. The topological polar surface area (TPSA) is 24.5 Å². The SMILES string of the molecule is CCC1NCCc2cc(CN(C)C)c(OC)cc21. The van der Waals surface area contributed by atoms with E-state index in [0.717, 1.165) is 31.7 Å². The zero-order chi connectivity index (χ0) is 13.1. The molecule has 0 aliphatic carbocycles. The van der Waals surface area contributed by atoms with Crippen LogP contribution in [0, 0.1) is 0 Å². The molecule has 0 amide bonds. The van der Waals surface area contributed by atoms with Crippen molar-refractivity contribution in [3.8, 4) is 5.75 Å². The first-order valence-corrected chi connectivity index (χ1v) is 6.73. The molecule has 0 saturated heterocycles. The molecule has 0 saturated carbocycles. The van der Waals surface area contributed by atoms with E-state index in [2.05, 4.69) is 43.4 Å². The molecule has 1 aliphatic rings. The lowest BCUT2D eigenvalue weighted by Crippen LogP contribution is -2.29. The monoisotopic (exact) mass is 248 g/mol. The predicted molar refractivity (Wildman–Crippen MR) is 75.1 cm³/mol. The van der Waals surface area contributed by atoms with Gasteiger partial charge in [0, 0.05) is 18.2 Å². The molecule has 100 valence electrons. The third-order valence-corrected chi connectivity index (χ3v) is 3.60. The first-order valence-electron chi connectivity index (χ1n) is 6.73. The Balaban J connectivity index is 2.40. The van der Waals surface area contributed by atoms with E-state index in [1.165, 1.54) is 16.7 Å². The van der Waals surface area contributed by atoms with E-state index in [0.29, 0.717) is 6.04 Å². The Labute approximate surface area is 110 Å². The number of hydrogen-bond acceptors (Lipinski definition) is 3. The maximum Gasteiger partial charge on any atom is 0.123 e.